The van der Waals surface area contributed by atoms with Crippen LogP contribution in [0, 0.1) is 0 Å². The van der Waals surface area contributed by atoms with Crippen molar-refractivity contribution in [3.8, 4) is 11.5 Å². The molecule has 0 aliphatic rings. The van der Waals surface area contributed by atoms with Gasteiger partial charge in [-0.25, -0.2) is 0 Å². The van der Waals surface area contributed by atoms with E-state index in [0.29, 0.717) is 18.5 Å². The van der Waals surface area contributed by atoms with Crippen LogP contribution in [0.3, 0.4) is 0 Å². The van der Waals surface area contributed by atoms with E-state index in [4.69, 9.17) is 5.11 Å². The number of phenolic OH excluding ortho intramolecular Hbond substituents is 2. The van der Waals surface area contributed by atoms with E-state index in [1.807, 2.05) is 0 Å². The van der Waals surface area contributed by atoms with Crippen LogP contribution in [0.1, 0.15) is 5.56 Å². The molecule has 0 fully saturated rings. The van der Waals surface area contributed by atoms with E-state index >= 15 is 0 Å². The number of hydrogen-bond acceptors (Lipinski definition) is 8. The van der Waals surface area contributed by atoms with Crippen LogP contribution >= 0.6 is 0 Å². The van der Waals surface area contributed by atoms with Crippen LogP contribution in [0.15, 0.2) is 18.2 Å². The minimum Gasteiger partial charge on any atom is -0.508 e. The normalized spacial score (nSPS) is 17.0. The molecule has 126 valence electrons. The lowest BCUT2D eigenvalue weighted by molar-refractivity contribution is -0.113. The fraction of sp³-hybridized carbons (Fsp3) is 0.571. The molecule has 1 aromatic carbocycles. The number of aliphatic hydroxyl groups excluding tert-OH is 5. The highest BCUT2D eigenvalue weighted by atomic mass is 16.4. The van der Waals surface area contributed by atoms with Crippen molar-refractivity contribution in [1.29, 1.82) is 0 Å². The van der Waals surface area contributed by atoms with Crippen molar-refractivity contribution in [2.45, 2.75) is 30.8 Å². The molecule has 0 spiro atoms. The average molecular weight is 317 g/mol. The summed E-state index contributed by atoms with van der Waals surface area (Å²) in [4.78, 5) is 0. The van der Waals surface area contributed by atoms with Gasteiger partial charge < -0.3 is 41.1 Å². The Kier molecular flexibility index (Phi) is 7.52. The largest absolute Gasteiger partial charge is 0.508 e. The fourth-order valence-electron chi connectivity index (χ4n) is 1.97. The second kappa shape index (κ2) is 8.89. The maximum absolute atomic E-state index is 9.67. The third-order valence-corrected chi connectivity index (χ3v) is 3.36. The fourth-order valence-corrected chi connectivity index (χ4v) is 1.97. The Labute approximate surface area is 127 Å². The molecular weight excluding hydrogens is 294 g/mol. The van der Waals surface area contributed by atoms with E-state index in [1.54, 1.807) is 0 Å². The first-order valence-corrected chi connectivity index (χ1v) is 6.92. The zero-order chi connectivity index (χ0) is 16.7. The summed E-state index contributed by atoms with van der Waals surface area (Å²) >= 11 is 0. The van der Waals surface area contributed by atoms with E-state index in [1.165, 1.54) is 18.2 Å². The molecular formula is C14H23NO7. The summed E-state index contributed by atoms with van der Waals surface area (Å²) in [6, 6.07) is 4.40. The second-order valence-electron chi connectivity index (χ2n) is 5.03. The molecule has 0 saturated carbocycles. The van der Waals surface area contributed by atoms with Crippen LogP contribution < -0.4 is 5.32 Å². The van der Waals surface area contributed by atoms with E-state index in [2.05, 4.69) is 5.32 Å². The quantitative estimate of drug-likeness (QED) is 0.236. The summed E-state index contributed by atoms with van der Waals surface area (Å²) in [6.45, 7) is -0.511. The standard InChI is InChI=1S/C14H23NO7/c16-7-12(20)14(22)13(21)11(19)6-15-5-4-8-9(17)2-1-3-10(8)18/h1-3,11-22H,4-7H2/t11-,12+,13+,14+/m0/s1. The Hall–Kier alpha value is -1.42. The van der Waals surface area contributed by atoms with Gasteiger partial charge in [-0.3, -0.25) is 0 Å². The van der Waals surface area contributed by atoms with Gasteiger partial charge in [-0.2, -0.15) is 0 Å². The molecule has 8 heteroatoms. The lowest BCUT2D eigenvalue weighted by Crippen LogP contribution is -2.49. The molecule has 0 amide bonds. The van der Waals surface area contributed by atoms with Crippen LogP contribution in [0.5, 0.6) is 11.5 Å². The lowest BCUT2D eigenvalue weighted by atomic mass is 10.0. The van der Waals surface area contributed by atoms with Crippen LogP contribution in [0.25, 0.3) is 0 Å². The number of hydrogen-bond donors (Lipinski definition) is 8. The summed E-state index contributed by atoms with van der Waals surface area (Å²) in [5.41, 5.74) is 0.362. The van der Waals surface area contributed by atoms with Gasteiger partial charge >= 0.3 is 0 Å². The van der Waals surface area contributed by atoms with Crippen LogP contribution in [-0.2, 0) is 6.42 Å². The lowest BCUT2D eigenvalue weighted by Gasteiger charge is -2.25. The molecule has 4 atom stereocenters. The molecule has 8 N–H and O–H groups in total. The Balaban J connectivity index is 2.38. The van der Waals surface area contributed by atoms with E-state index in [0.717, 1.165) is 0 Å². The monoisotopic (exact) mass is 317 g/mol. The first-order chi connectivity index (χ1) is 10.4. The van der Waals surface area contributed by atoms with Crippen molar-refractivity contribution in [2.75, 3.05) is 19.7 Å². The maximum atomic E-state index is 9.67. The number of rotatable bonds is 9. The molecule has 0 aliphatic carbocycles. The van der Waals surface area contributed by atoms with Gasteiger partial charge in [0.15, 0.2) is 0 Å². The molecule has 22 heavy (non-hydrogen) atoms. The van der Waals surface area contributed by atoms with Crippen molar-refractivity contribution in [1.82, 2.24) is 5.32 Å². The van der Waals surface area contributed by atoms with Gasteiger partial charge in [-0.1, -0.05) is 6.07 Å². The van der Waals surface area contributed by atoms with Crippen LogP contribution in [0.2, 0.25) is 0 Å². The topological polar surface area (TPSA) is 154 Å². The Morgan fingerprint density at radius 1 is 0.909 bits per heavy atom. The first kappa shape index (κ1) is 18.6. The Morgan fingerprint density at radius 3 is 2.00 bits per heavy atom. The van der Waals surface area contributed by atoms with Gasteiger partial charge in [-0.15, -0.1) is 0 Å². The van der Waals surface area contributed by atoms with Gasteiger partial charge in [0, 0.05) is 12.1 Å². The van der Waals surface area contributed by atoms with E-state index in [9.17, 15) is 30.6 Å². The average Bonchev–Trinajstić information content (AvgIpc) is 2.51. The summed E-state index contributed by atoms with van der Waals surface area (Å²) < 4.78 is 0. The molecule has 0 aliphatic heterocycles. The second-order valence-corrected chi connectivity index (χ2v) is 5.03. The summed E-state index contributed by atoms with van der Waals surface area (Å²) in [5.74, 6) is -0.0762. The number of benzene rings is 1. The van der Waals surface area contributed by atoms with Crippen LogP contribution in [0.4, 0.5) is 0 Å². The zero-order valence-corrected chi connectivity index (χ0v) is 12.0. The molecule has 0 aromatic heterocycles. The first-order valence-electron chi connectivity index (χ1n) is 6.92. The Bertz CT molecular complexity index is 437. The van der Waals surface area contributed by atoms with Gasteiger partial charge in [0.2, 0.25) is 0 Å². The van der Waals surface area contributed by atoms with Crippen molar-refractivity contribution < 1.29 is 35.7 Å². The number of aliphatic hydroxyl groups is 5. The smallest absolute Gasteiger partial charge is 0.122 e. The van der Waals surface area contributed by atoms with Gasteiger partial charge in [0.1, 0.15) is 29.8 Å². The third kappa shape index (κ3) is 5.09. The predicted octanol–water partition coefficient (Wildman–Crippen LogP) is -2.33. The molecule has 8 nitrogen and oxygen atoms in total. The molecule has 0 bridgehead atoms. The predicted molar refractivity (Wildman–Crippen MR) is 77.5 cm³/mol. The van der Waals surface area contributed by atoms with E-state index in [-0.39, 0.29) is 18.0 Å². The van der Waals surface area contributed by atoms with Crippen molar-refractivity contribution >= 4 is 0 Å². The molecule has 0 saturated heterocycles. The maximum Gasteiger partial charge on any atom is 0.122 e. The SMILES string of the molecule is OC[C@@H](O)[C@@H](O)[C@H](O)[C@@H](O)CNCCc1c(O)cccc1O. The van der Waals surface area contributed by atoms with Crippen molar-refractivity contribution in [3.05, 3.63) is 23.8 Å². The van der Waals surface area contributed by atoms with E-state index < -0.39 is 31.0 Å². The minimum absolute atomic E-state index is 0.0381. The van der Waals surface area contributed by atoms with Gasteiger partial charge in [0.05, 0.1) is 12.7 Å². The van der Waals surface area contributed by atoms with Crippen LogP contribution in [-0.4, -0.2) is 79.9 Å². The number of nitrogens with one attached hydrogen (secondary N) is 1. The Morgan fingerprint density at radius 2 is 1.45 bits per heavy atom. The number of aromatic hydroxyl groups is 2. The molecule has 1 rings (SSSR count). The highest BCUT2D eigenvalue weighted by molar-refractivity contribution is 5.43. The molecule has 0 radical (unpaired) electrons. The highest BCUT2D eigenvalue weighted by Gasteiger charge is 2.29. The van der Waals surface area contributed by atoms with Crippen molar-refractivity contribution in [3.63, 3.8) is 0 Å². The zero-order valence-electron chi connectivity index (χ0n) is 12.0. The molecule has 1 aromatic rings. The molecule has 0 heterocycles. The summed E-state index contributed by atoms with van der Waals surface area (Å²) in [5, 5.41) is 68.5. The molecule has 0 unspecified atom stereocenters. The number of phenols is 2. The van der Waals surface area contributed by atoms with Crippen molar-refractivity contribution in [2.24, 2.45) is 0 Å². The highest BCUT2D eigenvalue weighted by Crippen LogP contribution is 2.26. The van der Waals surface area contributed by atoms with Gasteiger partial charge in [0.25, 0.3) is 0 Å². The summed E-state index contributed by atoms with van der Waals surface area (Å²) in [7, 11) is 0. The summed E-state index contributed by atoms with van der Waals surface area (Å²) in [6.07, 6.45) is -5.88. The van der Waals surface area contributed by atoms with Gasteiger partial charge in [-0.05, 0) is 25.1 Å². The third-order valence-electron chi connectivity index (χ3n) is 3.36. The minimum atomic E-state index is -1.66.